The minimum absolute atomic E-state index is 0.0269. The van der Waals surface area contributed by atoms with Crippen molar-refractivity contribution in [2.75, 3.05) is 6.54 Å². The molecule has 1 N–H and O–H groups in total. The molecule has 0 heterocycles. The quantitative estimate of drug-likeness (QED) is 0.321. The second-order valence-corrected chi connectivity index (χ2v) is 10.3. The van der Waals surface area contributed by atoms with Gasteiger partial charge >= 0.3 is 0 Å². The van der Waals surface area contributed by atoms with Crippen LogP contribution in [0.25, 0.3) is 0 Å². The summed E-state index contributed by atoms with van der Waals surface area (Å²) in [7, 11) is -3.97. The Bertz CT molecular complexity index is 1240. The fourth-order valence-electron chi connectivity index (χ4n) is 2.88. The molecule has 0 fully saturated rings. The molecule has 0 aliphatic carbocycles. The van der Waals surface area contributed by atoms with Crippen LogP contribution in [0.5, 0.6) is 0 Å². The molecule has 3 aromatic rings. The van der Waals surface area contributed by atoms with E-state index in [0.29, 0.717) is 26.2 Å². The first-order valence-electron chi connectivity index (χ1n) is 9.74. The van der Waals surface area contributed by atoms with E-state index in [1.165, 1.54) is 18.3 Å². The molecule has 3 aromatic carbocycles. The first-order chi connectivity index (χ1) is 15.7. The lowest BCUT2D eigenvalue weighted by Crippen LogP contribution is -2.39. The average Bonchev–Trinajstić information content (AvgIpc) is 2.77. The average molecular weight is 525 g/mol. The number of aryl methyl sites for hydroxylation is 1. The number of hydrogen-bond acceptors (Lipinski definition) is 4. The molecule has 0 aromatic heterocycles. The van der Waals surface area contributed by atoms with Gasteiger partial charge in [0, 0.05) is 17.1 Å². The lowest BCUT2D eigenvalue weighted by atomic mass is 10.2. The minimum Gasteiger partial charge on any atom is -0.272 e. The number of carbonyl (C=O) groups is 1. The Morgan fingerprint density at radius 3 is 2.18 bits per heavy atom. The van der Waals surface area contributed by atoms with Crippen LogP contribution in [0, 0.1) is 6.92 Å². The molecule has 3 rings (SSSR count). The third-order valence-corrected chi connectivity index (χ3v) is 7.35. The van der Waals surface area contributed by atoms with E-state index in [4.69, 9.17) is 34.8 Å². The number of hydrazone groups is 1. The van der Waals surface area contributed by atoms with Gasteiger partial charge in [-0.1, -0.05) is 70.7 Å². The SMILES string of the molecule is Cc1ccc(S(=O)(=O)N(CC(=O)N/N=C/c2c(Cl)cccc2Cl)Cc2ccc(Cl)cc2)cc1. The van der Waals surface area contributed by atoms with Crippen LogP contribution in [0.4, 0.5) is 0 Å². The van der Waals surface area contributed by atoms with Crippen molar-refractivity contribution in [3.8, 4) is 0 Å². The molecule has 0 unspecified atom stereocenters. The summed E-state index contributed by atoms with van der Waals surface area (Å²) in [4.78, 5) is 12.7. The van der Waals surface area contributed by atoms with E-state index in [1.54, 1.807) is 54.6 Å². The maximum Gasteiger partial charge on any atom is 0.255 e. The zero-order valence-electron chi connectivity index (χ0n) is 17.5. The minimum atomic E-state index is -3.97. The van der Waals surface area contributed by atoms with Crippen LogP contribution in [-0.4, -0.2) is 31.4 Å². The van der Waals surface area contributed by atoms with Crippen molar-refractivity contribution >= 4 is 56.9 Å². The van der Waals surface area contributed by atoms with Crippen molar-refractivity contribution in [3.05, 3.63) is 98.5 Å². The summed E-state index contributed by atoms with van der Waals surface area (Å²) in [5, 5.41) is 5.13. The van der Waals surface area contributed by atoms with Crippen molar-refractivity contribution in [3.63, 3.8) is 0 Å². The maximum absolute atomic E-state index is 13.3. The number of amides is 1. The second-order valence-electron chi connectivity index (χ2n) is 7.14. The molecular formula is C23H20Cl3N3O3S. The molecule has 0 spiro atoms. The van der Waals surface area contributed by atoms with E-state index < -0.39 is 22.5 Å². The van der Waals surface area contributed by atoms with E-state index in [2.05, 4.69) is 10.5 Å². The van der Waals surface area contributed by atoms with E-state index in [-0.39, 0.29) is 11.4 Å². The summed E-state index contributed by atoms with van der Waals surface area (Å²) < 4.78 is 27.6. The second kappa shape index (κ2) is 11.1. The zero-order chi connectivity index (χ0) is 24.0. The molecule has 1 amide bonds. The van der Waals surface area contributed by atoms with Gasteiger partial charge in [-0.15, -0.1) is 0 Å². The number of sulfonamides is 1. The Hall–Kier alpha value is -2.42. The Balaban J connectivity index is 1.81. The van der Waals surface area contributed by atoms with E-state index >= 15 is 0 Å². The monoisotopic (exact) mass is 523 g/mol. The summed E-state index contributed by atoms with van der Waals surface area (Å²) in [5.41, 5.74) is 4.36. The predicted molar refractivity (Wildman–Crippen MR) is 132 cm³/mol. The van der Waals surface area contributed by atoms with E-state index in [1.807, 2.05) is 6.92 Å². The Kier molecular flexibility index (Phi) is 8.51. The number of nitrogens with one attached hydrogen (secondary N) is 1. The summed E-state index contributed by atoms with van der Waals surface area (Å²) in [6.07, 6.45) is 1.31. The van der Waals surface area contributed by atoms with Gasteiger partial charge in [-0.25, -0.2) is 13.8 Å². The highest BCUT2D eigenvalue weighted by atomic mass is 35.5. The van der Waals surface area contributed by atoms with Gasteiger partial charge in [0.2, 0.25) is 10.0 Å². The van der Waals surface area contributed by atoms with Gasteiger partial charge in [0.1, 0.15) is 0 Å². The largest absolute Gasteiger partial charge is 0.272 e. The molecule has 0 aliphatic heterocycles. The third kappa shape index (κ3) is 6.79. The highest BCUT2D eigenvalue weighted by Crippen LogP contribution is 2.22. The Morgan fingerprint density at radius 1 is 0.970 bits per heavy atom. The smallest absolute Gasteiger partial charge is 0.255 e. The van der Waals surface area contributed by atoms with E-state index in [9.17, 15) is 13.2 Å². The van der Waals surface area contributed by atoms with Crippen LogP contribution >= 0.6 is 34.8 Å². The Labute approximate surface area is 207 Å². The molecule has 33 heavy (non-hydrogen) atoms. The fourth-order valence-corrected chi connectivity index (χ4v) is 4.88. The van der Waals surface area contributed by atoms with Crippen molar-refractivity contribution in [2.45, 2.75) is 18.4 Å². The summed E-state index contributed by atoms with van der Waals surface area (Å²) in [6.45, 7) is 1.38. The van der Waals surface area contributed by atoms with E-state index in [0.717, 1.165) is 9.87 Å². The zero-order valence-corrected chi connectivity index (χ0v) is 20.6. The first kappa shape index (κ1) is 25.2. The highest BCUT2D eigenvalue weighted by Gasteiger charge is 2.27. The fraction of sp³-hybridized carbons (Fsp3) is 0.130. The summed E-state index contributed by atoms with van der Waals surface area (Å²) in [6, 6.07) is 18.1. The van der Waals surface area contributed by atoms with Crippen LogP contribution in [0.1, 0.15) is 16.7 Å². The molecule has 10 heteroatoms. The lowest BCUT2D eigenvalue weighted by Gasteiger charge is -2.21. The predicted octanol–water partition coefficient (Wildman–Crippen LogP) is 5.30. The van der Waals surface area contributed by atoms with Gasteiger partial charge < -0.3 is 0 Å². The number of carbonyl (C=O) groups excluding carboxylic acids is 1. The molecule has 0 saturated carbocycles. The van der Waals surface area contributed by atoms with Gasteiger partial charge in [-0.05, 0) is 48.9 Å². The van der Waals surface area contributed by atoms with Gasteiger partial charge in [-0.2, -0.15) is 9.41 Å². The van der Waals surface area contributed by atoms with Crippen molar-refractivity contribution in [1.82, 2.24) is 9.73 Å². The molecular weight excluding hydrogens is 505 g/mol. The van der Waals surface area contributed by atoms with Gasteiger partial charge in [0.05, 0.1) is 27.7 Å². The third-order valence-electron chi connectivity index (χ3n) is 4.63. The van der Waals surface area contributed by atoms with Crippen LogP contribution in [0.2, 0.25) is 15.1 Å². The van der Waals surface area contributed by atoms with Gasteiger partial charge in [-0.3, -0.25) is 4.79 Å². The number of halogens is 3. The normalized spacial score (nSPS) is 11.8. The number of benzene rings is 3. The maximum atomic E-state index is 13.3. The van der Waals surface area contributed by atoms with Crippen LogP contribution in [0.3, 0.4) is 0 Å². The van der Waals surface area contributed by atoms with Crippen molar-refractivity contribution in [2.24, 2.45) is 5.10 Å². The standard InChI is InChI=1S/C23H20Cl3N3O3S/c1-16-5-11-19(12-6-16)33(31,32)29(14-17-7-9-18(24)10-8-17)15-23(30)28-27-13-20-21(25)3-2-4-22(20)26/h2-13H,14-15H2,1H3,(H,28,30)/b27-13+. The molecule has 0 saturated heterocycles. The number of hydrogen-bond donors (Lipinski definition) is 1. The van der Waals surface area contributed by atoms with Crippen molar-refractivity contribution in [1.29, 1.82) is 0 Å². The molecule has 0 bridgehead atoms. The van der Waals surface area contributed by atoms with Crippen LogP contribution in [0.15, 0.2) is 76.7 Å². The molecule has 6 nitrogen and oxygen atoms in total. The Morgan fingerprint density at radius 2 is 1.58 bits per heavy atom. The van der Waals surface area contributed by atoms with Crippen LogP contribution in [-0.2, 0) is 21.4 Å². The summed E-state index contributed by atoms with van der Waals surface area (Å²) in [5.74, 6) is -0.626. The molecule has 0 aliphatic rings. The number of rotatable bonds is 8. The summed E-state index contributed by atoms with van der Waals surface area (Å²) >= 11 is 18.1. The molecule has 172 valence electrons. The van der Waals surface area contributed by atoms with Crippen LogP contribution < -0.4 is 5.43 Å². The molecule has 0 radical (unpaired) electrons. The highest BCUT2D eigenvalue weighted by molar-refractivity contribution is 7.89. The van der Waals surface area contributed by atoms with Crippen molar-refractivity contribution < 1.29 is 13.2 Å². The van der Waals surface area contributed by atoms with Gasteiger partial charge in [0.25, 0.3) is 5.91 Å². The number of nitrogens with zero attached hydrogens (tertiary/aromatic N) is 2. The first-order valence-corrected chi connectivity index (χ1v) is 12.3. The molecule has 0 atom stereocenters. The van der Waals surface area contributed by atoms with Gasteiger partial charge in [0.15, 0.2) is 0 Å². The lowest BCUT2D eigenvalue weighted by molar-refractivity contribution is -0.121. The topological polar surface area (TPSA) is 78.8 Å².